The minimum atomic E-state index is -1.40. The molecule has 0 aliphatic rings. The van der Waals surface area contributed by atoms with Crippen molar-refractivity contribution < 1.29 is 24.4 Å². The molecule has 0 saturated heterocycles. The zero-order chi connectivity index (χ0) is 10.6. The van der Waals surface area contributed by atoms with Gasteiger partial charge in [0.2, 0.25) is 0 Å². The Morgan fingerprint density at radius 2 is 1.93 bits per heavy atom. The van der Waals surface area contributed by atoms with Crippen LogP contribution in [0, 0.1) is 4.91 Å². The number of ether oxygens (including phenoxy) is 1. The molecule has 0 aliphatic heterocycles. The van der Waals surface area contributed by atoms with Crippen LogP contribution in [0.15, 0.2) is 24.3 Å². The van der Waals surface area contributed by atoms with Gasteiger partial charge in [-0.15, -0.1) is 0 Å². The summed E-state index contributed by atoms with van der Waals surface area (Å²) in [5, 5.41) is 8.27. The van der Waals surface area contributed by atoms with Gasteiger partial charge in [0.15, 0.2) is 7.11 Å². The maximum Gasteiger partial charge on any atom is 0.511 e. The van der Waals surface area contributed by atoms with Gasteiger partial charge in [0.25, 0.3) is 4.92 Å². The van der Waals surface area contributed by atoms with Crippen molar-refractivity contribution >= 4 is 11.8 Å². The molecule has 1 N–H and O–H groups in total. The lowest BCUT2D eigenvalue weighted by atomic mass is 10.3. The van der Waals surface area contributed by atoms with Crippen molar-refractivity contribution in [3.63, 3.8) is 0 Å². The van der Waals surface area contributed by atoms with Crippen LogP contribution in [0.5, 0.6) is 5.75 Å². The SMILES string of the molecule is CO[N+](=O)c1ccc(OC(=O)O)cc1. The minimum absolute atomic E-state index is 0.144. The van der Waals surface area contributed by atoms with Crippen LogP contribution >= 0.6 is 0 Å². The Morgan fingerprint density at radius 1 is 1.36 bits per heavy atom. The number of benzene rings is 1. The van der Waals surface area contributed by atoms with E-state index in [9.17, 15) is 9.70 Å². The molecule has 14 heavy (non-hydrogen) atoms. The average Bonchev–Trinajstić information content (AvgIpc) is 2.17. The van der Waals surface area contributed by atoms with Gasteiger partial charge in [0.05, 0.1) is 4.91 Å². The number of carbonyl (C=O) groups is 1. The number of hydrogen-bond donors (Lipinski definition) is 1. The van der Waals surface area contributed by atoms with Gasteiger partial charge in [-0.2, -0.15) is 0 Å². The molecular formula is C8H8NO5+. The van der Waals surface area contributed by atoms with E-state index < -0.39 is 6.16 Å². The van der Waals surface area contributed by atoms with Gasteiger partial charge in [-0.25, -0.2) is 9.63 Å². The summed E-state index contributed by atoms with van der Waals surface area (Å²) in [4.78, 5) is 25.7. The van der Waals surface area contributed by atoms with E-state index in [4.69, 9.17) is 5.11 Å². The van der Waals surface area contributed by atoms with E-state index in [1.54, 1.807) is 0 Å². The van der Waals surface area contributed by atoms with Crippen LogP contribution in [-0.4, -0.2) is 23.3 Å². The van der Waals surface area contributed by atoms with Crippen molar-refractivity contribution in [1.29, 1.82) is 0 Å². The lowest BCUT2D eigenvalue weighted by molar-refractivity contribution is -0.736. The van der Waals surface area contributed by atoms with Crippen LogP contribution in [0.3, 0.4) is 0 Å². The summed E-state index contributed by atoms with van der Waals surface area (Å²) < 4.78 is 4.34. The summed E-state index contributed by atoms with van der Waals surface area (Å²) in [5.41, 5.74) is 0.255. The summed E-state index contributed by atoms with van der Waals surface area (Å²) in [6.45, 7) is 0. The molecule has 6 nitrogen and oxygen atoms in total. The molecule has 0 saturated carbocycles. The first-order valence-corrected chi connectivity index (χ1v) is 3.65. The summed E-state index contributed by atoms with van der Waals surface area (Å²) in [6.07, 6.45) is -1.40. The third kappa shape index (κ3) is 2.44. The van der Waals surface area contributed by atoms with Gasteiger partial charge in [0.1, 0.15) is 5.75 Å². The lowest BCUT2D eigenvalue weighted by Crippen LogP contribution is -2.03. The first kappa shape index (κ1) is 9.97. The third-order valence-corrected chi connectivity index (χ3v) is 1.42. The molecule has 6 heteroatoms. The maximum atomic E-state index is 10.9. The highest BCUT2D eigenvalue weighted by Gasteiger charge is 2.13. The van der Waals surface area contributed by atoms with E-state index in [0.29, 0.717) is 4.92 Å². The van der Waals surface area contributed by atoms with Crippen LogP contribution in [0.4, 0.5) is 10.5 Å². The van der Waals surface area contributed by atoms with E-state index in [2.05, 4.69) is 9.57 Å². The Hall–Kier alpha value is -2.11. The highest BCUT2D eigenvalue weighted by Crippen LogP contribution is 2.17. The predicted molar refractivity (Wildman–Crippen MR) is 45.4 cm³/mol. The van der Waals surface area contributed by atoms with Crippen LogP contribution in [-0.2, 0) is 4.84 Å². The fourth-order valence-corrected chi connectivity index (χ4v) is 0.842. The predicted octanol–water partition coefficient (Wildman–Crippen LogP) is 1.72. The Balaban J connectivity index is 2.78. The van der Waals surface area contributed by atoms with Gasteiger partial charge in [-0.1, -0.05) is 0 Å². The molecule has 0 fully saturated rings. The van der Waals surface area contributed by atoms with Gasteiger partial charge in [-0.3, -0.25) is 0 Å². The Labute approximate surface area is 79.2 Å². The largest absolute Gasteiger partial charge is 0.511 e. The summed E-state index contributed by atoms with van der Waals surface area (Å²) in [5.74, 6) is 0.144. The monoisotopic (exact) mass is 198 g/mol. The Morgan fingerprint density at radius 3 is 2.36 bits per heavy atom. The van der Waals surface area contributed by atoms with Gasteiger partial charge >= 0.3 is 11.8 Å². The first-order valence-electron chi connectivity index (χ1n) is 3.65. The molecule has 0 heterocycles. The number of carboxylic acid groups (broad SMARTS) is 1. The molecule has 0 spiro atoms. The van der Waals surface area contributed by atoms with Crippen molar-refractivity contribution in [2.45, 2.75) is 0 Å². The minimum Gasteiger partial charge on any atom is -0.449 e. The van der Waals surface area contributed by atoms with Crippen LogP contribution in [0.25, 0.3) is 0 Å². The second-order valence-corrected chi connectivity index (χ2v) is 2.30. The zero-order valence-corrected chi connectivity index (χ0v) is 7.34. The topological polar surface area (TPSA) is 75.8 Å². The van der Waals surface area contributed by atoms with Gasteiger partial charge in [0, 0.05) is 12.1 Å². The second-order valence-electron chi connectivity index (χ2n) is 2.30. The van der Waals surface area contributed by atoms with Crippen LogP contribution in [0.1, 0.15) is 0 Å². The number of hydrogen-bond acceptors (Lipinski definition) is 4. The maximum absolute atomic E-state index is 10.9. The second kappa shape index (κ2) is 4.22. The Kier molecular flexibility index (Phi) is 3.01. The molecule has 0 radical (unpaired) electrons. The quantitative estimate of drug-likeness (QED) is 0.454. The van der Waals surface area contributed by atoms with Crippen LogP contribution in [0.2, 0.25) is 0 Å². The smallest absolute Gasteiger partial charge is 0.449 e. The molecule has 1 rings (SSSR count). The Bertz CT molecular complexity index is 345. The van der Waals surface area contributed by atoms with Crippen molar-refractivity contribution in [2.24, 2.45) is 0 Å². The highest BCUT2D eigenvalue weighted by molar-refractivity contribution is 5.61. The molecule has 0 aromatic heterocycles. The molecule has 1 aromatic carbocycles. The fourth-order valence-electron chi connectivity index (χ4n) is 0.842. The van der Waals surface area contributed by atoms with E-state index in [1.165, 1.54) is 31.4 Å². The molecule has 0 unspecified atom stereocenters. The van der Waals surface area contributed by atoms with E-state index in [-0.39, 0.29) is 11.4 Å². The van der Waals surface area contributed by atoms with Gasteiger partial charge in [-0.05, 0) is 12.1 Å². The van der Waals surface area contributed by atoms with Crippen molar-refractivity contribution in [3.8, 4) is 5.75 Å². The van der Waals surface area contributed by atoms with E-state index >= 15 is 0 Å². The summed E-state index contributed by atoms with van der Waals surface area (Å²) in [7, 11) is 1.23. The highest BCUT2D eigenvalue weighted by atomic mass is 16.8. The molecule has 0 amide bonds. The summed E-state index contributed by atoms with van der Waals surface area (Å²) in [6, 6.07) is 5.48. The molecule has 0 aliphatic carbocycles. The van der Waals surface area contributed by atoms with Crippen molar-refractivity contribution in [1.82, 2.24) is 0 Å². The number of rotatable bonds is 3. The fraction of sp³-hybridized carbons (Fsp3) is 0.125. The molecule has 74 valence electrons. The molecular weight excluding hydrogens is 190 g/mol. The normalized spacial score (nSPS) is 9.21. The van der Waals surface area contributed by atoms with E-state index in [1.807, 2.05) is 0 Å². The van der Waals surface area contributed by atoms with Crippen LogP contribution < -0.4 is 4.74 Å². The van der Waals surface area contributed by atoms with Gasteiger partial charge < -0.3 is 9.84 Å². The first-order chi connectivity index (χ1) is 6.63. The lowest BCUT2D eigenvalue weighted by Gasteiger charge is -1.96. The van der Waals surface area contributed by atoms with Crippen molar-refractivity contribution in [3.05, 3.63) is 29.2 Å². The molecule has 0 atom stereocenters. The average molecular weight is 198 g/mol. The van der Waals surface area contributed by atoms with E-state index in [0.717, 1.165) is 0 Å². The third-order valence-electron chi connectivity index (χ3n) is 1.42. The standard InChI is InChI=1S/C8H7NO5/c1-13-9(12)6-2-4-7(5-3-6)14-8(10)11/h2-5H,1H3/p+1. The van der Waals surface area contributed by atoms with Crippen molar-refractivity contribution in [2.75, 3.05) is 7.11 Å². The molecule has 0 bridgehead atoms. The molecule has 1 aromatic rings. The summed E-state index contributed by atoms with van der Waals surface area (Å²) >= 11 is 0. The zero-order valence-electron chi connectivity index (χ0n) is 7.34. The number of nitrogens with zero attached hydrogens (tertiary/aromatic N) is 1.